The molecule has 1 N–H and O–H groups in total. The molecule has 2 heterocycles. The maximum atomic E-state index is 13.3. The van der Waals surface area contributed by atoms with E-state index in [0.29, 0.717) is 24.2 Å². The molecule has 0 bridgehead atoms. The van der Waals surface area contributed by atoms with Gasteiger partial charge in [-0.2, -0.15) is 0 Å². The lowest BCUT2D eigenvalue weighted by Gasteiger charge is -2.31. The monoisotopic (exact) mass is 475 g/mol. The van der Waals surface area contributed by atoms with Gasteiger partial charge in [-0.05, 0) is 60.9 Å². The van der Waals surface area contributed by atoms with Crippen LogP contribution in [0.5, 0.6) is 5.88 Å². The number of rotatable bonds is 5. The number of fused-ring (bicyclic) bond motifs is 1. The van der Waals surface area contributed by atoms with E-state index in [1.165, 1.54) is 35.7 Å². The van der Waals surface area contributed by atoms with Crippen molar-refractivity contribution in [2.24, 2.45) is 0 Å². The Hall–Kier alpha value is -3.17. The van der Waals surface area contributed by atoms with E-state index in [-0.39, 0.29) is 28.0 Å². The molecule has 0 aliphatic carbocycles. The second-order valence-electron chi connectivity index (χ2n) is 7.15. The molecule has 0 saturated carbocycles. The number of ether oxygens (including phenoxy) is 1. The highest BCUT2D eigenvalue weighted by atomic mass is 35.5. The zero-order valence-corrected chi connectivity index (χ0v) is 18.6. The summed E-state index contributed by atoms with van der Waals surface area (Å²) in [6, 6.07) is 12.7. The van der Waals surface area contributed by atoms with E-state index in [2.05, 4.69) is 10.3 Å². The van der Waals surface area contributed by atoms with Crippen molar-refractivity contribution in [1.29, 1.82) is 0 Å². The number of sulfonamides is 1. The van der Waals surface area contributed by atoms with Crippen molar-refractivity contribution in [3.8, 4) is 5.88 Å². The molecule has 4 rings (SSSR count). The van der Waals surface area contributed by atoms with Crippen LogP contribution in [0.1, 0.15) is 22.3 Å². The number of benzene rings is 2. The first kappa shape index (κ1) is 22.0. The minimum atomic E-state index is -3.89. The molecule has 0 atom stereocenters. The van der Waals surface area contributed by atoms with Gasteiger partial charge in [0, 0.05) is 23.9 Å². The summed E-state index contributed by atoms with van der Waals surface area (Å²) in [6.07, 6.45) is 1.35. The molecule has 0 unspecified atom stereocenters. The molecule has 1 aromatic heterocycles. The van der Waals surface area contributed by atoms with E-state index in [4.69, 9.17) is 16.3 Å². The van der Waals surface area contributed by atoms with Crippen LogP contribution in [0, 0.1) is 5.82 Å². The molecule has 3 aromatic rings. The van der Waals surface area contributed by atoms with Crippen LogP contribution in [-0.2, 0) is 16.4 Å². The molecule has 0 saturated heterocycles. The molecule has 0 radical (unpaired) electrons. The van der Waals surface area contributed by atoms with Crippen molar-refractivity contribution >= 4 is 38.9 Å². The predicted octanol–water partition coefficient (Wildman–Crippen LogP) is 4.28. The minimum Gasteiger partial charge on any atom is -0.481 e. The summed E-state index contributed by atoms with van der Waals surface area (Å²) in [5.74, 6) is -0.762. The Morgan fingerprint density at radius 3 is 2.62 bits per heavy atom. The number of halogens is 2. The lowest BCUT2D eigenvalue weighted by Crippen LogP contribution is -2.35. The first-order valence-electron chi connectivity index (χ1n) is 9.72. The number of nitrogens with zero attached hydrogens (tertiary/aromatic N) is 2. The summed E-state index contributed by atoms with van der Waals surface area (Å²) in [6.45, 7) is 0.279. The normalized spacial score (nSPS) is 13.4. The number of anilines is 2. The van der Waals surface area contributed by atoms with E-state index in [0.717, 1.165) is 17.7 Å². The highest BCUT2D eigenvalue weighted by Crippen LogP contribution is 2.34. The molecule has 0 fully saturated rings. The van der Waals surface area contributed by atoms with Gasteiger partial charge in [-0.1, -0.05) is 17.7 Å². The Kier molecular flexibility index (Phi) is 6.03. The molecular weight excluding hydrogens is 457 g/mol. The Bertz CT molecular complexity index is 1280. The SMILES string of the molecule is COc1cc(C(=O)Nc2ccc3c(c2)N(S(=O)(=O)c2ccc(F)cc2)CCC3)cc(Cl)n1. The Balaban J connectivity index is 1.65. The van der Waals surface area contributed by atoms with Crippen LogP contribution < -0.4 is 14.4 Å². The molecule has 0 spiro atoms. The third-order valence-electron chi connectivity index (χ3n) is 5.06. The van der Waals surface area contributed by atoms with Crippen LogP contribution in [0.3, 0.4) is 0 Å². The third-order valence-corrected chi connectivity index (χ3v) is 7.08. The van der Waals surface area contributed by atoms with E-state index in [1.54, 1.807) is 18.2 Å². The zero-order chi connectivity index (χ0) is 22.9. The number of aryl methyl sites for hydroxylation is 1. The smallest absolute Gasteiger partial charge is 0.264 e. The average Bonchev–Trinajstić information content (AvgIpc) is 2.78. The highest BCUT2D eigenvalue weighted by molar-refractivity contribution is 7.92. The van der Waals surface area contributed by atoms with Gasteiger partial charge < -0.3 is 10.1 Å². The number of nitrogens with one attached hydrogen (secondary N) is 1. The van der Waals surface area contributed by atoms with Crippen LogP contribution in [0.25, 0.3) is 0 Å². The molecule has 1 aliphatic heterocycles. The van der Waals surface area contributed by atoms with Gasteiger partial charge in [0.1, 0.15) is 11.0 Å². The zero-order valence-electron chi connectivity index (χ0n) is 17.0. The van der Waals surface area contributed by atoms with Crippen LogP contribution in [0.4, 0.5) is 15.8 Å². The fourth-order valence-corrected chi connectivity index (χ4v) is 5.25. The first-order valence-corrected chi connectivity index (χ1v) is 11.5. The summed E-state index contributed by atoms with van der Waals surface area (Å²) in [4.78, 5) is 16.7. The number of hydrogen-bond donors (Lipinski definition) is 1. The lowest BCUT2D eigenvalue weighted by molar-refractivity contribution is 0.102. The minimum absolute atomic E-state index is 0.000268. The van der Waals surface area contributed by atoms with Crippen LogP contribution in [0.2, 0.25) is 5.15 Å². The molecule has 10 heteroatoms. The van der Waals surface area contributed by atoms with E-state index < -0.39 is 21.7 Å². The Morgan fingerprint density at radius 2 is 1.91 bits per heavy atom. The van der Waals surface area contributed by atoms with E-state index in [1.807, 2.05) is 0 Å². The standard InChI is InChI=1S/C22H19ClFN3O4S/c1-31-21-12-15(11-20(23)26-21)22(28)25-17-7-4-14-3-2-10-27(19(14)13-17)32(29,30)18-8-5-16(24)6-9-18/h4-9,11-13H,2-3,10H2,1H3,(H,25,28). The van der Waals surface area contributed by atoms with Crippen molar-refractivity contribution in [2.75, 3.05) is 23.3 Å². The number of methoxy groups -OCH3 is 1. The summed E-state index contributed by atoms with van der Waals surface area (Å²) < 4.78 is 46.0. The molecule has 1 amide bonds. The lowest BCUT2D eigenvalue weighted by atomic mass is 10.0. The fourth-order valence-electron chi connectivity index (χ4n) is 3.51. The quantitative estimate of drug-likeness (QED) is 0.556. The van der Waals surface area contributed by atoms with Gasteiger partial charge in [0.15, 0.2) is 0 Å². The maximum Gasteiger partial charge on any atom is 0.264 e. The summed E-state index contributed by atoms with van der Waals surface area (Å²) in [5, 5.41) is 2.86. The maximum absolute atomic E-state index is 13.3. The fraction of sp³-hybridized carbons (Fsp3) is 0.182. The van der Waals surface area contributed by atoms with Gasteiger partial charge in [-0.25, -0.2) is 17.8 Å². The topological polar surface area (TPSA) is 88.6 Å². The predicted molar refractivity (Wildman–Crippen MR) is 119 cm³/mol. The van der Waals surface area contributed by atoms with Gasteiger partial charge in [0.25, 0.3) is 15.9 Å². The molecule has 7 nitrogen and oxygen atoms in total. The Labute approximate surface area is 189 Å². The summed E-state index contributed by atoms with van der Waals surface area (Å²) in [7, 11) is -2.48. The van der Waals surface area contributed by atoms with Gasteiger partial charge in [-0.15, -0.1) is 0 Å². The number of carbonyl (C=O) groups excluding carboxylic acids is 1. The largest absolute Gasteiger partial charge is 0.481 e. The van der Waals surface area contributed by atoms with Gasteiger partial charge >= 0.3 is 0 Å². The second kappa shape index (κ2) is 8.76. The highest BCUT2D eigenvalue weighted by Gasteiger charge is 2.29. The van der Waals surface area contributed by atoms with Crippen molar-refractivity contribution < 1.29 is 22.3 Å². The van der Waals surface area contributed by atoms with E-state index >= 15 is 0 Å². The number of hydrogen-bond acceptors (Lipinski definition) is 5. The Morgan fingerprint density at radius 1 is 1.16 bits per heavy atom. The molecular formula is C22H19ClFN3O4S. The van der Waals surface area contributed by atoms with Crippen molar-refractivity contribution in [3.05, 3.63) is 76.7 Å². The van der Waals surface area contributed by atoms with Gasteiger partial charge in [-0.3, -0.25) is 9.10 Å². The molecule has 166 valence electrons. The molecule has 1 aliphatic rings. The van der Waals surface area contributed by atoms with Crippen molar-refractivity contribution in [1.82, 2.24) is 4.98 Å². The van der Waals surface area contributed by atoms with Gasteiger partial charge in [0.2, 0.25) is 5.88 Å². The number of pyridine rings is 1. The molecule has 32 heavy (non-hydrogen) atoms. The summed E-state index contributed by atoms with van der Waals surface area (Å²) >= 11 is 5.94. The number of aromatic nitrogens is 1. The van der Waals surface area contributed by atoms with Crippen molar-refractivity contribution in [2.45, 2.75) is 17.7 Å². The van der Waals surface area contributed by atoms with Crippen LogP contribution >= 0.6 is 11.6 Å². The number of carbonyl (C=O) groups is 1. The molecule has 2 aromatic carbocycles. The van der Waals surface area contributed by atoms with E-state index in [9.17, 15) is 17.6 Å². The van der Waals surface area contributed by atoms with Gasteiger partial charge in [0.05, 0.1) is 17.7 Å². The second-order valence-corrected chi connectivity index (χ2v) is 9.40. The third kappa shape index (κ3) is 4.39. The summed E-state index contributed by atoms with van der Waals surface area (Å²) in [5.41, 5.74) is 1.98. The van der Waals surface area contributed by atoms with Crippen LogP contribution in [0.15, 0.2) is 59.5 Å². The number of amides is 1. The van der Waals surface area contributed by atoms with Crippen LogP contribution in [-0.4, -0.2) is 33.0 Å². The average molecular weight is 476 g/mol. The van der Waals surface area contributed by atoms with Crippen molar-refractivity contribution in [3.63, 3.8) is 0 Å². The first-order chi connectivity index (χ1) is 15.3.